The number of hydrogen-bond donors (Lipinski definition) is 2. The quantitative estimate of drug-likeness (QED) is 0.428. The van der Waals surface area contributed by atoms with Crippen LogP contribution in [0.4, 0.5) is 5.69 Å². The first-order chi connectivity index (χ1) is 16.5. The molecule has 0 unspecified atom stereocenters. The van der Waals surface area contributed by atoms with Crippen molar-refractivity contribution in [1.82, 2.24) is 19.4 Å². The number of H-pyrrole nitrogens is 2. The molecule has 2 N–H and O–H groups in total. The van der Waals surface area contributed by atoms with Gasteiger partial charge >= 0.3 is 0 Å². The first-order valence-corrected chi connectivity index (χ1v) is 11.4. The van der Waals surface area contributed by atoms with E-state index in [1.807, 2.05) is 42.5 Å². The fraction of sp³-hybridized carbons (Fsp3) is 0.292. The number of aromatic nitrogens is 3. The van der Waals surface area contributed by atoms with Crippen LogP contribution in [0.1, 0.15) is 0 Å². The molecule has 2 aromatic heterocycles. The van der Waals surface area contributed by atoms with Crippen molar-refractivity contribution in [3.05, 3.63) is 57.6 Å². The van der Waals surface area contributed by atoms with Crippen LogP contribution in [0.2, 0.25) is 0 Å². The molecule has 1 saturated heterocycles. The summed E-state index contributed by atoms with van der Waals surface area (Å²) in [4.78, 5) is 36.5. The lowest BCUT2D eigenvalue weighted by molar-refractivity contribution is -0.132. The molecule has 1 fully saturated rings. The van der Waals surface area contributed by atoms with Crippen LogP contribution in [-0.2, 0) is 11.3 Å². The summed E-state index contributed by atoms with van der Waals surface area (Å²) in [6.45, 7) is 2.42. The van der Waals surface area contributed by atoms with Crippen molar-refractivity contribution in [1.29, 1.82) is 0 Å². The smallest absolute Gasteiger partial charge is 0.279 e. The van der Waals surface area contributed by atoms with Gasteiger partial charge in [0, 0.05) is 48.8 Å². The Hall–Kier alpha value is -3.79. The first kappa shape index (κ1) is 22.0. The molecule has 0 spiro atoms. The Morgan fingerprint density at radius 3 is 2.44 bits per heavy atom. The van der Waals surface area contributed by atoms with Gasteiger partial charge in [-0.05, 0) is 42.5 Å². The van der Waals surface area contributed by atoms with Crippen molar-refractivity contribution >= 4 is 45.7 Å². The van der Waals surface area contributed by atoms with Crippen LogP contribution in [0.15, 0.2) is 47.3 Å². The van der Waals surface area contributed by atoms with Crippen LogP contribution in [0.25, 0.3) is 21.9 Å². The van der Waals surface area contributed by atoms with E-state index in [1.165, 1.54) is 4.57 Å². The lowest BCUT2D eigenvalue weighted by Gasteiger charge is -2.36. The third kappa shape index (κ3) is 3.90. The second-order valence-corrected chi connectivity index (χ2v) is 8.56. The standard InChI is InChI=1S/C24H25N5O4S/c1-32-16-5-3-4-15(12-16)27-8-10-28(11-9-27)20(30)14-29-23(31)22-21(26-24(29)34)18-13-17(33-2)6-7-19(18)25-22/h3-7,12-13,25H,8-11,14H2,1-2H3,(H,26,34). The molecular weight excluding hydrogens is 454 g/mol. The average Bonchev–Trinajstić information content (AvgIpc) is 3.24. The van der Waals surface area contributed by atoms with Gasteiger partial charge in [0.05, 0.1) is 19.7 Å². The van der Waals surface area contributed by atoms with E-state index in [0.29, 0.717) is 43.0 Å². The molecule has 34 heavy (non-hydrogen) atoms. The Labute approximate surface area is 200 Å². The molecule has 9 nitrogen and oxygen atoms in total. The van der Waals surface area contributed by atoms with Crippen molar-refractivity contribution in [2.75, 3.05) is 45.3 Å². The van der Waals surface area contributed by atoms with Crippen molar-refractivity contribution in [2.45, 2.75) is 6.54 Å². The van der Waals surface area contributed by atoms with Gasteiger partial charge in [0.15, 0.2) is 4.77 Å². The number of piperazine rings is 1. The highest BCUT2D eigenvalue weighted by molar-refractivity contribution is 7.71. The number of ether oxygens (including phenoxy) is 2. The Morgan fingerprint density at radius 2 is 1.71 bits per heavy atom. The Bertz CT molecular complexity index is 1500. The number of fused-ring (bicyclic) bond motifs is 3. The Morgan fingerprint density at radius 1 is 0.971 bits per heavy atom. The van der Waals surface area contributed by atoms with E-state index in [-0.39, 0.29) is 22.8 Å². The molecule has 10 heteroatoms. The fourth-order valence-corrected chi connectivity index (χ4v) is 4.64. The largest absolute Gasteiger partial charge is 0.497 e. The van der Waals surface area contributed by atoms with E-state index in [4.69, 9.17) is 21.7 Å². The molecular formula is C24H25N5O4S. The minimum atomic E-state index is -0.322. The van der Waals surface area contributed by atoms with Gasteiger partial charge in [-0.3, -0.25) is 14.2 Å². The van der Waals surface area contributed by atoms with Crippen LogP contribution in [-0.4, -0.2) is 65.7 Å². The number of amides is 1. The lowest BCUT2D eigenvalue weighted by atomic mass is 10.2. The van der Waals surface area contributed by atoms with Gasteiger partial charge in [-0.2, -0.15) is 0 Å². The highest BCUT2D eigenvalue weighted by Gasteiger charge is 2.23. The number of methoxy groups -OCH3 is 2. The second kappa shape index (κ2) is 8.86. The summed E-state index contributed by atoms with van der Waals surface area (Å²) in [5, 5.41) is 0.810. The maximum absolute atomic E-state index is 13.2. The highest BCUT2D eigenvalue weighted by atomic mass is 32.1. The zero-order valence-corrected chi connectivity index (χ0v) is 19.8. The third-order valence-corrected chi connectivity index (χ3v) is 6.61. The maximum atomic E-state index is 13.2. The predicted molar refractivity (Wildman–Crippen MR) is 134 cm³/mol. The van der Waals surface area contributed by atoms with E-state index >= 15 is 0 Å². The number of aromatic amines is 2. The number of nitrogens with zero attached hydrogens (tertiary/aromatic N) is 3. The number of anilines is 1. The summed E-state index contributed by atoms with van der Waals surface area (Å²) in [7, 11) is 3.24. The van der Waals surface area contributed by atoms with Gasteiger partial charge in [0.2, 0.25) is 5.91 Å². The van der Waals surface area contributed by atoms with Gasteiger partial charge in [0.25, 0.3) is 5.56 Å². The summed E-state index contributed by atoms with van der Waals surface area (Å²) in [6, 6.07) is 13.4. The molecule has 1 amide bonds. The van der Waals surface area contributed by atoms with Crippen molar-refractivity contribution < 1.29 is 14.3 Å². The van der Waals surface area contributed by atoms with E-state index in [1.54, 1.807) is 19.1 Å². The van der Waals surface area contributed by atoms with E-state index in [2.05, 4.69) is 14.9 Å². The predicted octanol–water partition coefficient (Wildman–Crippen LogP) is 2.91. The molecule has 3 heterocycles. The van der Waals surface area contributed by atoms with Gasteiger partial charge in [-0.15, -0.1) is 0 Å². The molecule has 0 saturated carbocycles. The lowest BCUT2D eigenvalue weighted by Crippen LogP contribution is -2.50. The first-order valence-electron chi connectivity index (χ1n) is 11.0. The van der Waals surface area contributed by atoms with Crippen LogP contribution >= 0.6 is 12.2 Å². The molecule has 4 aromatic rings. The average molecular weight is 480 g/mol. The molecule has 0 aliphatic carbocycles. The highest BCUT2D eigenvalue weighted by Crippen LogP contribution is 2.26. The summed E-state index contributed by atoms with van der Waals surface area (Å²) in [5.41, 5.74) is 2.52. The number of rotatable bonds is 5. The summed E-state index contributed by atoms with van der Waals surface area (Å²) in [6.07, 6.45) is 0. The van der Waals surface area contributed by atoms with Crippen molar-refractivity contribution in [3.63, 3.8) is 0 Å². The molecule has 176 valence electrons. The minimum absolute atomic E-state index is 0.109. The number of carbonyl (C=O) groups excluding carboxylic acids is 1. The van der Waals surface area contributed by atoms with Gasteiger partial charge in [-0.25, -0.2) is 0 Å². The zero-order chi connectivity index (χ0) is 23.8. The van der Waals surface area contributed by atoms with E-state index < -0.39 is 0 Å². The van der Waals surface area contributed by atoms with Crippen LogP contribution < -0.4 is 19.9 Å². The molecule has 5 rings (SSSR count). The third-order valence-electron chi connectivity index (χ3n) is 6.29. The van der Waals surface area contributed by atoms with Crippen molar-refractivity contribution in [3.8, 4) is 11.5 Å². The second-order valence-electron chi connectivity index (χ2n) is 8.18. The van der Waals surface area contributed by atoms with E-state index in [0.717, 1.165) is 22.3 Å². The molecule has 0 radical (unpaired) electrons. The number of carbonyl (C=O) groups is 1. The monoisotopic (exact) mass is 479 g/mol. The molecule has 1 aliphatic rings. The van der Waals surface area contributed by atoms with Gasteiger partial charge < -0.3 is 29.2 Å². The number of benzene rings is 2. The van der Waals surface area contributed by atoms with Gasteiger partial charge in [0.1, 0.15) is 23.6 Å². The minimum Gasteiger partial charge on any atom is -0.497 e. The van der Waals surface area contributed by atoms with Crippen LogP contribution in [0, 0.1) is 4.77 Å². The maximum Gasteiger partial charge on any atom is 0.279 e. The Kier molecular flexibility index (Phi) is 5.74. The fourth-order valence-electron chi connectivity index (χ4n) is 4.39. The SMILES string of the molecule is COc1cccc(N2CCN(C(=O)Cn3c(=S)[nH]c4c([nH]c5ccc(OC)cc54)c3=O)CC2)c1. The molecule has 2 aromatic carbocycles. The normalized spacial score (nSPS) is 14.1. The summed E-state index contributed by atoms with van der Waals surface area (Å²) in [5.74, 6) is 1.35. The molecule has 1 aliphatic heterocycles. The molecule has 0 atom stereocenters. The van der Waals surface area contributed by atoms with Gasteiger partial charge in [-0.1, -0.05) is 6.07 Å². The van der Waals surface area contributed by atoms with E-state index in [9.17, 15) is 9.59 Å². The number of hydrogen-bond acceptors (Lipinski definition) is 6. The number of nitrogens with one attached hydrogen (secondary N) is 2. The van der Waals surface area contributed by atoms with Crippen molar-refractivity contribution in [2.24, 2.45) is 0 Å². The Balaban J connectivity index is 1.35. The topological polar surface area (TPSA) is 95.6 Å². The van der Waals surface area contributed by atoms with Crippen LogP contribution in [0.3, 0.4) is 0 Å². The molecule has 0 bridgehead atoms. The van der Waals surface area contributed by atoms with Crippen LogP contribution in [0.5, 0.6) is 11.5 Å². The summed E-state index contributed by atoms with van der Waals surface area (Å²) >= 11 is 5.45. The summed E-state index contributed by atoms with van der Waals surface area (Å²) < 4.78 is 12.1. The zero-order valence-electron chi connectivity index (χ0n) is 19.0.